The molecule has 0 N–H and O–H groups in total. The molecule has 0 atom stereocenters. The van der Waals surface area contributed by atoms with Crippen molar-refractivity contribution in [3.8, 4) is 0 Å². The topological polar surface area (TPSA) is 17.1 Å². The Kier molecular flexibility index (Phi) is 3.85. The lowest BCUT2D eigenvalue weighted by Gasteiger charge is -1.77. The molecule has 0 aromatic rings. The molecule has 0 aromatic heterocycles. The van der Waals surface area contributed by atoms with Gasteiger partial charge in [0.1, 0.15) is 6.29 Å². The number of rotatable bonds is 2. The van der Waals surface area contributed by atoms with E-state index in [1.165, 1.54) is 11.6 Å². The van der Waals surface area contributed by atoms with Crippen molar-refractivity contribution in [3.63, 3.8) is 0 Å². The van der Waals surface area contributed by atoms with Gasteiger partial charge < -0.3 is 0 Å². The average molecular weight is 110 g/mol. The highest BCUT2D eigenvalue weighted by Crippen LogP contribution is 1.86. The van der Waals surface area contributed by atoms with Crippen LogP contribution >= 0.6 is 0 Å². The van der Waals surface area contributed by atoms with Crippen LogP contribution in [0.4, 0.5) is 0 Å². The summed E-state index contributed by atoms with van der Waals surface area (Å²) in [7, 11) is 0. The maximum atomic E-state index is 9.67. The predicted octanol–water partition coefficient (Wildman–Crippen LogP) is 1.71. The summed E-state index contributed by atoms with van der Waals surface area (Å²) in [4.78, 5) is 9.67. The Labute approximate surface area is 49.7 Å². The fourth-order valence-corrected chi connectivity index (χ4v) is 0.293. The standard InChI is InChI=1S/C7H10O/c1-7(2)5-3-4-6-8/h3-6H,1-2H3. The molecule has 0 aliphatic heterocycles. The van der Waals surface area contributed by atoms with Crippen LogP contribution in [0.25, 0.3) is 0 Å². The van der Waals surface area contributed by atoms with Crippen molar-refractivity contribution in [3.05, 3.63) is 23.8 Å². The molecule has 0 bridgehead atoms. The van der Waals surface area contributed by atoms with Crippen molar-refractivity contribution >= 4 is 6.29 Å². The number of carbonyl (C=O) groups is 1. The number of allylic oxidation sites excluding steroid dienone is 4. The van der Waals surface area contributed by atoms with Crippen LogP contribution in [0, 0.1) is 0 Å². The molecule has 0 aliphatic carbocycles. The van der Waals surface area contributed by atoms with E-state index < -0.39 is 0 Å². The molecule has 1 heteroatoms. The van der Waals surface area contributed by atoms with Crippen LogP contribution in [0.5, 0.6) is 0 Å². The molecular formula is C7H10O. The molecule has 0 heterocycles. The first-order valence-electron chi connectivity index (χ1n) is 2.52. The normalized spacial score (nSPS) is 9.25. The third-order valence-electron chi connectivity index (χ3n) is 0.619. The summed E-state index contributed by atoms with van der Waals surface area (Å²) >= 11 is 0. The first kappa shape index (κ1) is 7.15. The summed E-state index contributed by atoms with van der Waals surface area (Å²) < 4.78 is 0. The average Bonchev–Trinajstić information content (AvgIpc) is 1.66. The minimum Gasteiger partial charge on any atom is -0.299 e. The molecule has 1 nitrogen and oxygen atoms in total. The van der Waals surface area contributed by atoms with Gasteiger partial charge in [0.15, 0.2) is 0 Å². The Morgan fingerprint density at radius 1 is 1.25 bits per heavy atom. The van der Waals surface area contributed by atoms with E-state index in [0.29, 0.717) is 0 Å². The molecule has 0 fully saturated rings. The van der Waals surface area contributed by atoms with E-state index in [4.69, 9.17) is 0 Å². The van der Waals surface area contributed by atoms with Gasteiger partial charge in [0.05, 0.1) is 0 Å². The lowest BCUT2D eigenvalue weighted by atomic mass is 10.3. The molecule has 0 rings (SSSR count). The van der Waals surface area contributed by atoms with Gasteiger partial charge in [0.25, 0.3) is 0 Å². The summed E-state index contributed by atoms with van der Waals surface area (Å²) in [5.41, 5.74) is 1.20. The lowest BCUT2D eigenvalue weighted by Crippen LogP contribution is -1.60. The number of hydrogen-bond acceptors (Lipinski definition) is 1. The van der Waals surface area contributed by atoms with E-state index in [2.05, 4.69) is 0 Å². The molecule has 0 aliphatic rings. The molecule has 44 valence electrons. The lowest BCUT2D eigenvalue weighted by molar-refractivity contribution is -0.104. The van der Waals surface area contributed by atoms with E-state index in [-0.39, 0.29) is 0 Å². The van der Waals surface area contributed by atoms with Crippen molar-refractivity contribution in [1.82, 2.24) is 0 Å². The molecule has 8 heavy (non-hydrogen) atoms. The zero-order chi connectivity index (χ0) is 6.41. The van der Waals surface area contributed by atoms with E-state index >= 15 is 0 Å². The van der Waals surface area contributed by atoms with Crippen molar-refractivity contribution in [2.24, 2.45) is 0 Å². The van der Waals surface area contributed by atoms with Crippen molar-refractivity contribution in [2.75, 3.05) is 0 Å². The smallest absolute Gasteiger partial charge is 0.142 e. The maximum absolute atomic E-state index is 9.67. The van der Waals surface area contributed by atoms with Crippen molar-refractivity contribution < 1.29 is 4.79 Å². The van der Waals surface area contributed by atoms with E-state index in [1.54, 1.807) is 6.08 Å². The van der Waals surface area contributed by atoms with Gasteiger partial charge in [0.2, 0.25) is 0 Å². The van der Waals surface area contributed by atoms with E-state index in [0.717, 1.165) is 6.29 Å². The third kappa shape index (κ3) is 5.15. The Balaban J connectivity index is 3.57. The van der Waals surface area contributed by atoms with Crippen LogP contribution in [-0.2, 0) is 4.79 Å². The molecular weight excluding hydrogens is 100 g/mol. The quantitative estimate of drug-likeness (QED) is 0.300. The predicted molar refractivity (Wildman–Crippen MR) is 34.6 cm³/mol. The summed E-state index contributed by atoms with van der Waals surface area (Å²) in [5, 5.41) is 0. The summed E-state index contributed by atoms with van der Waals surface area (Å²) in [6.45, 7) is 3.96. The van der Waals surface area contributed by atoms with Crippen LogP contribution in [0.2, 0.25) is 0 Å². The Morgan fingerprint density at radius 3 is 2.25 bits per heavy atom. The molecule has 0 amide bonds. The van der Waals surface area contributed by atoms with Crippen LogP contribution in [0.15, 0.2) is 23.8 Å². The second-order valence-corrected chi connectivity index (χ2v) is 1.76. The van der Waals surface area contributed by atoms with Gasteiger partial charge in [-0.15, -0.1) is 0 Å². The summed E-state index contributed by atoms with van der Waals surface area (Å²) in [6.07, 6.45) is 5.84. The molecule has 0 aromatic carbocycles. The zero-order valence-corrected chi connectivity index (χ0v) is 5.22. The monoisotopic (exact) mass is 110 g/mol. The van der Waals surface area contributed by atoms with Crippen LogP contribution < -0.4 is 0 Å². The molecule has 0 spiro atoms. The first-order valence-corrected chi connectivity index (χ1v) is 2.52. The molecule has 0 saturated heterocycles. The fourth-order valence-electron chi connectivity index (χ4n) is 0.293. The van der Waals surface area contributed by atoms with Crippen molar-refractivity contribution in [2.45, 2.75) is 13.8 Å². The van der Waals surface area contributed by atoms with Gasteiger partial charge in [0, 0.05) is 0 Å². The summed E-state index contributed by atoms with van der Waals surface area (Å²) in [6, 6.07) is 0. The van der Waals surface area contributed by atoms with Crippen LogP contribution in [0.3, 0.4) is 0 Å². The van der Waals surface area contributed by atoms with Gasteiger partial charge in [-0.1, -0.05) is 17.7 Å². The highest BCUT2D eigenvalue weighted by Gasteiger charge is 1.67. The minimum atomic E-state index is 0.763. The van der Waals surface area contributed by atoms with Gasteiger partial charge >= 0.3 is 0 Å². The molecule has 0 radical (unpaired) electrons. The molecule has 0 saturated carbocycles. The third-order valence-corrected chi connectivity index (χ3v) is 0.619. The van der Waals surface area contributed by atoms with Gasteiger partial charge in [-0.05, 0) is 19.9 Å². The highest BCUT2D eigenvalue weighted by molar-refractivity contribution is 5.65. The zero-order valence-electron chi connectivity index (χ0n) is 5.22. The molecule has 0 unspecified atom stereocenters. The number of aldehydes is 1. The highest BCUT2D eigenvalue weighted by atomic mass is 16.1. The number of carbonyl (C=O) groups excluding carboxylic acids is 1. The largest absolute Gasteiger partial charge is 0.299 e. The fraction of sp³-hybridized carbons (Fsp3) is 0.286. The van der Waals surface area contributed by atoms with E-state index in [9.17, 15) is 4.79 Å². The Bertz CT molecular complexity index is 116. The second-order valence-electron chi connectivity index (χ2n) is 1.76. The Morgan fingerprint density at radius 2 is 1.88 bits per heavy atom. The first-order chi connectivity index (χ1) is 3.77. The minimum absolute atomic E-state index is 0.763. The van der Waals surface area contributed by atoms with E-state index in [1.807, 2.05) is 19.9 Å². The SMILES string of the molecule is CC(C)=CC=CC=O. The van der Waals surface area contributed by atoms with Crippen LogP contribution in [0.1, 0.15) is 13.8 Å². The Hall–Kier alpha value is -0.850. The van der Waals surface area contributed by atoms with Gasteiger partial charge in [-0.2, -0.15) is 0 Å². The maximum Gasteiger partial charge on any atom is 0.142 e. The van der Waals surface area contributed by atoms with Gasteiger partial charge in [-0.25, -0.2) is 0 Å². The van der Waals surface area contributed by atoms with Crippen LogP contribution in [-0.4, -0.2) is 6.29 Å². The summed E-state index contributed by atoms with van der Waals surface area (Å²) in [5.74, 6) is 0. The van der Waals surface area contributed by atoms with Gasteiger partial charge in [-0.3, -0.25) is 4.79 Å². The number of hydrogen-bond donors (Lipinski definition) is 0. The second kappa shape index (κ2) is 4.31. The van der Waals surface area contributed by atoms with Crippen molar-refractivity contribution in [1.29, 1.82) is 0 Å².